The second-order valence-corrected chi connectivity index (χ2v) is 5.31. The van der Waals surface area contributed by atoms with Crippen LogP contribution in [0.5, 0.6) is 0 Å². The highest BCUT2D eigenvalue weighted by Crippen LogP contribution is 2.11. The van der Waals surface area contributed by atoms with Crippen molar-refractivity contribution in [1.29, 1.82) is 0 Å². The van der Waals surface area contributed by atoms with Crippen molar-refractivity contribution in [3.8, 4) is 0 Å². The van der Waals surface area contributed by atoms with Crippen LogP contribution >= 0.6 is 11.6 Å². The van der Waals surface area contributed by atoms with E-state index in [4.69, 9.17) is 11.6 Å². The van der Waals surface area contributed by atoms with E-state index in [1.807, 2.05) is 30.3 Å². The summed E-state index contributed by atoms with van der Waals surface area (Å²) >= 11 is 5.80. The Labute approximate surface area is 121 Å². The summed E-state index contributed by atoms with van der Waals surface area (Å²) in [7, 11) is 0. The van der Waals surface area contributed by atoms with Gasteiger partial charge in [0.1, 0.15) is 0 Å². The molecular formula is C17H23ClO. The molecule has 1 aromatic carbocycles. The molecule has 1 rings (SSSR count). The minimum atomic E-state index is 0.213. The van der Waals surface area contributed by atoms with Gasteiger partial charge >= 0.3 is 0 Å². The molecule has 0 fully saturated rings. The molecule has 0 heterocycles. The van der Waals surface area contributed by atoms with Crippen molar-refractivity contribution >= 4 is 23.5 Å². The number of hydrogen-bond acceptors (Lipinski definition) is 1. The normalized spacial score (nSPS) is 11.1. The molecule has 0 bridgehead atoms. The summed E-state index contributed by atoms with van der Waals surface area (Å²) in [6.45, 7) is 2.21. The summed E-state index contributed by atoms with van der Waals surface area (Å²) < 4.78 is 0. The largest absolute Gasteiger partial charge is 0.295 e. The highest BCUT2D eigenvalue weighted by molar-refractivity contribution is 6.30. The van der Waals surface area contributed by atoms with Gasteiger partial charge in [-0.2, -0.15) is 0 Å². The summed E-state index contributed by atoms with van der Waals surface area (Å²) in [5.41, 5.74) is 1.01. The quantitative estimate of drug-likeness (QED) is 0.420. The van der Waals surface area contributed by atoms with Crippen LogP contribution in [0.2, 0.25) is 5.02 Å². The molecule has 0 saturated carbocycles. The molecule has 1 nitrogen and oxygen atoms in total. The first-order valence-corrected chi connectivity index (χ1v) is 7.56. The fourth-order valence-electron chi connectivity index (χ4n) is 1.93. The molecule has 0 N–H and O–H groups in total. The van der Waals surface area contributed by atoms with Gasteiger partial charge < -0.3 is 0 Å². The van der Waals surface area contributed by atoms with Crippen LogP contribution in [-0.4, -0.2) is 5.78 Å². The lowest BCUT2D eigenvalue weighted by molar-refractivity contribution is -0.114. The van der Waals surface area contributed by atoms with Gasteiger partial charge in [0.05, 0.1) is 0 Å². The number of carbonyl (C=O) groups excluding carboxylic acids is 1. The molecule has 0 spiro atoms. The molecule has 0 radical (unpaired) electrons. The number of allylic oxidation sites excluding steroid dienone is 1. The molecular weight excluding hydrogens is 256 g/mol. The maximum Gasteiger partial charge on any atom is 0.155 e. The maximum atomic E-state index is 11.7. The third-order valence-electron chi connectivity index (χ3n) is 3.11. The van der Waals surface area contributed by atoms with Crippen molar-refractivity contribution < 1.29 is 4.79 Å². The van der Waals surface area contributed by atoms with Gasteiger partial charge in [0.15, 0.2) is 5.78 Å². The van der Waals surface area contributed by atoms with Crippen LogP contribution in [0.4, 0.5) is 0 Å². The average Bonchev–Trinajstić information content (AvgIpc) is 2.42. The second kappa shape index (κ2) is 9.80. The third kappa shape index (κ3) is 7.84. The maximum absolute atomic E-state index is 11.7. The van der Waals surface area contributed by atoms with E-state index in [0.717, 1.165) is 17.0 Å². The average molecular weight is 279 g/mol. The molecule has 0 aliphatic carbocycles. The number of carbonyl (C=O) groups is 1. The van der Waals surface area contributed by atoms with E-state index in [0.29, 0.717) is 6.42 Å². The highest BCUT2D eigenvalue weighted by atomic mass is 35.5. The number of ketones is 1. The van der Waals surface area contributed by atoms with Crippen LogP contribution < -0.4 is 0 Å². The number of unbranched alkanes of at least 4 members (excludes halogenated alkanes) is 5. The Morgan fingerprint density at radius 1 is 1.05 bits per heavy atom. The fraction of sp³-hybridized carbons (Fsp3) is 0.471. The molecule has 0 saturated heterocycles. The summed E-state index contributed by atoms with van der Waals surface area (Å²) in [4.78, 5) is 11.7. The number of benzene rings is 1. The smallest absolute Gasteiger partial charge is 0.155 e. The number of halogens is 1. The van der Waals surface area contributed by atoms with Crippen molar-refractivity contribution in [2.75, 3.05) is 0 Å². The Morgan fingerprint density at radius 3 is 2.37 bits per heavy atom. The van der Waals surface area contributed by atoms with Crippen molar-refractivity contribution in [1.82, 2.24) is 0 Å². The summed E-state index contributed by atoms with van der Waals surface area (Å²) in [5, 5.41) is 0.718. The van der Waals surface area contributed by atoms with Crippen LogP contribution in [0, 0.1) is 0 Å². The van der Waals surface area contributed by atoms with Gasteiger partial charge in [0, 0.05) is 11.4 Å². The zero-order chi connectivity index (χ0) is 13.9. The van der Waals surface area contributed by atoms with Gasteiger partial charge in [0.2, 0.25) is 0 Å². The van der Waals surface area contributed by atoms with Crippen molar-refractivity contribution in [2.45, 2.75) is 51.9 Å². The highest BCUT2D eigenvalue weighted by Gasteiger charge is 1.97. The standard InChI is InChI=1S/C17H23ClO/c1-2-3-4-5-6-7-8-17(19)14-11-15-9-12-16(18)13-10-15/h9-14H,2-8H2,1H3/b14-11+. The Morgan fingerprint density at radius 2 is 1.68 bits per heavy atom. The zero-order valence-electron chi connectivity index (χ0n) is 11.7. The molecule has 2 heteroatoms. The van der Waals surface area contributed by atoms with E-state index >= 15 is 0 Å². The van der Waals surface area contributed by atoms with E-state index in [-0.39, 0.29) is 5.78 Å². The molecule has 0 aromatic heterocycles. The third-order valence-corrected chi connectivity index (χ3v) is 3.36. The SMILES string of the molecule is CCCCCCCCC(=O)/C=C/c1ccc(Cl)cc1. The molecule has 1 aromatic rings. The van der Waals surface area contributed by atoms with E-state index in [9.17, 15) is 4.79 Å². The van der Waals surface area contributed by atoms with E-state index in [1.165, 1.54) is 32.1 Å². The molecule has 0 aliphatic rings. The summed E-state index contributed by atoms with van der Waals surface area (Å²) in [5.74, 6) is 0.213. The second-order valence-electron chi connectivity index (χ2n) is 4.87. The minimum absolute atomic E-state index is 0.213. The molecule has 104 valence electrons. The molecule has 19 heavy (non-hydrogen) atoms. The van der Waals surface area contributed by atoms with Gasteiger partial charge in [-0.15, -0.1) is 0 Å². The first kappa shape index (κ1) is 16.0. The van der Waals surface area contributed by atoms with Crippen LogP contribution in [0.25, 0.3) is 6.08 Å². The topological polar surface area (TPSA) is 17.1 Å². The Hall–Kier alpha value is -1.08. The lowest BCUT2D eigenvalue weighted by Crippen LogP contribution is -1.92. The zero-order valence-corrected chi connectivity index (χ0v) is 12.5. The van der Waals surface area contributed by atoms with Crippen molar-refractivity contribution in [3.05, 3.63) is 40.9 Å². The van der Waals surface area contributed by atoms with Crippen LogP contribution in [0.15, 0.2) is 30.3 Å². The summed E-state index contributed by atoms with van der Waals surface area (Å²) in [6.07, 6.45) is 11.5. The monoisotopic (exact) mass is 278 g/mol. The van der Waals surface area contributed by atoms with Crippen molar-refractivity contribution in [3.63, 3.8) is 0 Å². The molecule has 0 unspecified atom stereocenters. The van der Waals surface area contributed by atoms with Crippen molar-refractivity contribution in [2.24, 2.45) is 0 Å². The Balaban J connectivity index is 2.18. The molecule has 0 aliphatic heterocycles. The first-order valence-electron chi connectivity index (χ1n) is 7.19. The van der Waals surface area contributed by atoms with Crippen LogP contribution in [0.1, 0.15) is 57.4 Å². The van der Waals surface area contributed by atoms with E-state index in [1.54, 1.807) is 6.08 Å². The lowest BCUT2D eigenvalue weighted by Gasteiger charge is -1.98. The van der Waals surface area contributed by atoms with Gasteiger partial charge in [-0.05, 0) is 30.2 Å². The fourth-order valence-corrected chi connectivity index (χ4v) is 2.05. The van der Waals surface area contributed by atoms with Crippen LogP contribution in [0.3, 0.4) is 0 Å². The molecule has 0 amide bonds. The predicted octanol–water partition coefficient (Wildman–Crippen LogP) is 5.67. The Bertz CT molecular complexity index is 392. The Kier molecular flexibility index (Phi) is 8.24. The minimum Gasteiger partial charge on any atom is -0.295 e. The van der Waals surface area contributed by atoms with Gasteiger partial charge in [-0.3, -0.25) is 4.79 Å². The predicted molar refractivity (Wildman–Crippen MR) is 83.5 cm³/mol. The van der Waals surface area contributed by atoms with Gasteiger partial charge in [-0.25, -0.2) is 0 Å². The van der Waals surface area contributed by atoms with E-state index < -0.39 is 0 Å². The van der Waals surface area contributed by atoms with E-state index in [2.05, 4.69) is 6.92 Å². The first-order chi connectivity index (χ1) is 9.22. The van der Waals surface area contributed by atoms with Gasteiger partial charge in [-0.1, -0.05) is 68.8 Å². The lowest BCUT2D eigenvalue weighted by atomic mass is 10.1. The summed E-state index contributed by atoms with van der Waals surface area (Å²) in [6, 6.07) is 7.49. The molecule has 0 atom stereocenters. The van der Waals surface area contributed by atoms with Crippen LogP contribution in [-0.2, 0) is 4.79 Å². The van der Waals surface area contributed by atoms with Gasteiger partial charge in [0.25, 0.3) is 0 Å². The number of hydrogen-bond donors (Lipinski definition) is 0. The number of rotatable bonds is 9.